The van der Waals surface area contributed by atoms with Gasteiger partial charge in [0.1, 0.15) is 17.3 Å². The van der Waals surface area contributed by atoms with E-state index in [0.29, 0.717) is 18.3 Å². The first-order valence-corrected chi connectivity index (χ1v) is 7.82. The molecule has 5 heteroatoms. The molecule has 1 aromatic carbocycles. The molecule has 1 atom stereocenters. The van der Waals surface area contributed by atoms with Crippen molar-refractivity contribution >= 4 is 10.8 Å². The number of hydrogen-bond acceptors (Lipinski definition) is 3. The molecule has 1 unspecified atom stereocenters. The predicted octanol–water partition coefficient (Wildman–Crippen LogP) is 3.22. The Morgan fingerprint density at radius 1 is 1.20 bits per heavy atom. The van der Waals surface area contributed by atoms with Gasteiger partial charge in [0.2, 0.25) is 0 Å². The molecule has 1 N–H and O–H groups in total. The lowest BCUT2D eigenvalue weighted by Gasteiger charge is -2.05. The summed E-state index contributed by atoms with van der Waals surface area (Å²) in [5, 5.41) is 3.24. The SMILES string of the molecule is CC(C)NCc1ccc(CS(=O)c2ccccc2F)o1. The number of halogens is 1. The van der Waals surface area contributed by atoms with E-state index in [9.17, 15) is 8.60 Å². The lowest BCUT2D eigenvalue weighted by molar-refractivity contribution is 0.444. The normalized spacial score (nSPS) is 12.8. The topological polar surface area (TPSA) is 42.2 Å². The minimum absolute atomic E-state index is 0.183. The van der Waals surface area contributed by atoms with Crippen molar-refractivity contribution < 1.29 is 13.0 Å². The zero-order valence-electron chi connectivity index (χ0n) is 11.6. The van der Waals surface area contributed by atoms with Crippen molar-refractivity contribution in [3.63, 3.8) is 0 Å². The van der Waals surface area contributed by atoms with E-state index in [4.69, 9.17) is 4.42 Å². The van der Waals surface area contributed by atoms with E-state index in [0.717, 1.165) is 5.76 Å². The maximum atomic E-state index is 13.5. The average molecular weight is 295 g/mol. The quantitative estimate of drug-likeness (QED) is 0.889. The number of furan rings is 1. The lowest BCUT2D eigenvalue weighted by Crippen LogP contribution is -2.21. The van der Waals surface area contributed by atoms with Crippen LogP contribution in [-0.4, -0.2) is 10.3 Å². The first kappa shape index (κ1) is 14.9. The number of nitrogens with one attached hydrogen (secondary N) is 1. The van der Waals surface area contributed by atoms with E-state index in [-0.39, 0.29) is 10.6 Å². The molecule has 2 aromatic rings. The van der Waals surface area contributed by atoms with Gasteiger partial charge < -0.3 is 9.73 Å². The summed E-state index contributed by atoms with van der Waals surface area (Å²) >= 11 is 0. The highest BCUT2D eigenvalue weighted by Gasteiger charge is 2.12. The highest BCUT2D eigenvalue weighted by molar-refractivity contribution is 7.84. The third-order valence-electron chi connectivity index (χ3n) is 2.76. The Hall–Kier alpha value is -1.46. The van der Waals surface area contributed by atoms with E-state index < -0.39 is 16.6 Å². The standard InChI is InChI=1S/C15H18FNO2S/c1-11(2)17-9-12-7-8-13(19-12)10-20(18)15-6-4-3-5-14(15)16/h3-8,11,17H,9-10H2,1-2H3. The van der Waals surface area contributed by atoms with E-state index in [1.165, 1.54) is 12.1 Å². The molecule has 0 saturated carbocycles. The van der Waals surface area contributed by atoms with Crippen molar-refractivity contribution in [3.05, 3.63) is 53.7 Å². The molecule has 2 rings (SSSR count). The van der Waals surface area contributed by atoms with E-state index >= 15 is 0 Å². The monoisotopic (exact) mass is 295 g/mol. The maximum Gasteiger partial charge on any atom is 0.139 e. The summed E-state index contributed by atoms with van der Waals surface area (Å²) in [6.45, 7) is 4.73. The third-order valence-corrected chi connectivity index (χ3v) is 4.13. The van der Waals surface area contributed by atoms with Gasteiger partial charge in [-0.3, -0.25) is 4.21 Å². The smallest absolute Gasteiger partial charge is 0.139 e. The summed E-state index contributed by atoms with van der Waals surface area (Å²) in [7, 11) is -1.43. The minimum Gasteiger partial charge on any atom is -0.464 e. The molecule has 108 valence electrons. The number of benzene rings is 1. The van der Waals surface area contributed by atoms with Crippen molar-refractivity contribution in [3.8, 4) is 0 Å². The van der Waals surface area contributed by atoms with Crippen LogP contribution in [0.4, 0.5) is 4.39 Å². The third kappa shape index (κ3) is 4.02. The zero-order valence-corrected chi connectivity index (χ0v) is 12.4. The van der Waals surface area contributed by atoms with Crippen LogP contribution in [0.2, 0.25) is 0 Å². The van der Waals surface area contributed by atoms with Crippen LogP contribution >= 0.6 is 0 Å². The molecule has 1 heterocycles. The van der Waals surface area contributed by atoms with Gasteiger partial charge in [-0.1, -0.05) is 26.0 Å². The average Bonchev–Trinajstić information content (AvgIpc) is 2.84. The molecule has 0 saturated heterocycles. The molecule has 1 aromatic heterocycles. The van der Waals surface area contributed by atoms with Crippen LogP contribution in [0.3, 0.4) is 0 Å². The zero-order chi connectivity index (χ0) is 14.5. The molecule has 0 amide bonds. The Balaban J connectivity index is 2.00. The summed E-state index contributed by atoms with van der Waals surface area (Å²) in [5.41, 5.74) is 0. The van der Waals surface area contributed by atoms with Crippen LogP contribution in [0.5, 0.6) is 0 Å². The van der Waals surface area contributed by atoms with E-state index in [2.05, 4.69) is 19.2 Å². The molecule has 0 aliphatic rings. The maximum absolute atomic E-state index is 13.5. The van der Waals surface area contributed by atoms with Gasteiger partial charge in [-0.05, 0) is 24.3 Å². The number of hydrogen-bond donors (Lipinski definition) is 1. The van der Waals surface area contributed by atoms with Crippen LogP contribution < -0.4 is 5.32 Å². The Labute approximate surface area is 120 Å². The highest BCUT2D eigenvalue weighted by atomic mass is 32.2. The van der Waals surface area contributed by atoms with Crippen molar-refractivity contribution in [2.75, 3.05) is 0 Å². The lowest BCUT2D eigenvalue weighted by atomic mass is 10.3. The fourth-order valence-corrected chi connectivity index (χ4v) is 2.82. The van der Waals surface area contributed by atoms with Gasteiger partial charge in [-0.15, -0.1) is 0 Å². The minimum atomic E-state index is -1.43. The molecule has 3 nitrogen and oxygen atoms in total. The fraction of sp³-hybridized carbons (Fsp3) is 0.333. The van der Waals surface area contributed by atoms with Crippen molar-refractivity contribution in [2.24, 2.45) is 0 Å². The summed E-state index contributed by atoms with van der Waals surface area (Å²) in [6.07, 6.45) is 0. The largest absolute Gasteiger partial charge is 0.464 e. The second kappa shape index (κ2) is 6.81. The molecule has 20 heavy (non-hydrogen) atoms. The van der Waals surface area contributed by atoms with Crippen LogP contribution in [0.25, 0.3) is 0 Å². The van der Waals surface area contributed by atoms with Crippen LogP contribution in [0.15, 0.2) is 45.7 Å². The van der Waals surface area contributed by atoms with Crippen LogP contribution in [0, 0.1) is 5.82 Å². The van der Waals surface area contributed by atoms with Gasteiger partial charge in [0.15, 0.2) is 0 Å². The first-order valence-electron chi connectivity index (χ1n) is 6.50. The molecular weight excluding hydrogens is 277 g/mol. The highest BCUT2D eigenvalue weighted by Crippen LogP contribution is 2.17. The predicted molar refractivity (Wildman–Crippen MR) is 77.2 cm³/mol. The molecule has 0 aliphatic carbocycles. The molecule has 0 spiro atoms. The Bertz CT molecular complexity index is 595. The summed E-state index contributed by atoms with van der Waals surface area (Å²) in [4.78, 5) is 0.214. The van der Waals surface area contributed by atoms with Crippen molar-refractivity contribution in [1.82, 2.24) is 5.32 Å². The summed E-state index contributed by atoms with van der Waals surface area (Å²) in [5.74, 6) is 1.13. The number of rotatable bonds is 6. The first-order chi connectivity index (χ1) is 9.56. The Kier molecular flexibility index (Phi) is 5.09. The summed E-state index contributed by atoms with van der Waals surface area (Å²) in [6, 6.07) is 10.1. The van der Waals surface area contributed by atoms with Gasteiger partial charge in [-0.25, -0.2) is 4.39 Å². The van der Waals surface area contributed by atoms with Gasteiger partial charge in [0, 0.05) is 6.04 Å². The van der Waals surface area contributed by atoms with Crippen molar-refractivity contribution in [1.29, 1.82) is 0 Å². The second-order valence-electron chi connectivity index (χ2n) is 4.82. The fourth-order valence-electron chi connectivity index (χ4n) is 1.74. The molecule has 0 radical (unpaired) electrons. The van der Waals surface area contributed by atoms with Crippen molar-refractivity contribution in [2.45, 2.75) is 37.1 Å². The summed E-state index contributed by atoms with van der Waals surface area (Å²) < 4.78 is 31.2. The van der Waals surface area contributed by atoms with Gasteiger partial charge in [0.25, 0.3) is 0 Å². The molecular formula is C15H18FNO2S. The Morgan fingerprint density at radius 3 is 2.60 bits per heavy atom. The molecule has 0 fully saturated rings. The Morgan fingerprint density at radius 2 is 1.90 bits per heavy atom. The van der Waals surface area contributed by atoms with Crippen LogP contribution in [0.1, 0.15) is 25.4 Å². The van der Waals surface area contributed by atoms with Gasteiger partial charge in [0.05, 0.1) is 28.0 Å². The molecule has 0 aliphatic heterocycles. The van der Waals surface area contributed by atoms with E-state index in [1.807, 2.05) is 6.07 Å². The van der Waals surface area contributed by atoms with E-state index in [1.54, 1.807) is 18.2 Å². The van der Waals surface area contributed by atoms with Gasteiger partial charge >= 0.3 is 0 Å². The van der Waals surface area contributed by atoms with Crippen LogP contribution in [-0.2, 0) is 23.1 Å². The van der Waals surface area contributed by atoms with Gasteiger partial charge in [-0.2, -0.15) is 0 Å². The molecule has 0 bridgehead atoms. The second-order valence-corrected chi connectivity index (χ2v) is 6.24.